The van der Waals surface area contributed by atoms with Crippen LogP contribution in [-0.2, 0) is 9.59 Å². The standard InChI is InChI=1S/C16H12N8O2S4/c25-9-5-29-13-19-23(15(27)21(9)13)11-7-3-1-2-4-8(7)12(18-17-11)24-16(28)22-10(26)6-30-14(22)20-24/h1-4,15-16,27-28H,5-6H2. The maximum absolute atomic E-state index is 12.1. The molecule has 30 heavy (non-hydrogen) atoms. The molecule has 0 N–H and O–H groups in total. The average molecular weight is 477 g/mol. The van der Waals surface area contributed by atoms with Crippen molar-refractivity contribution in [3.05, 3.63) is 24.3 Å². The molecule has 14 heteroatoms. The zero-order valence-corrected chi connectivity index (χ0v) is 18.4. The molecule has 152 valence electrons. The van der Waals surface area contributed by atoms with E-state index in [-0.39, 0.29) is 11.8 Å². The lowest BCUT2D eigenvalue weighted by Gasteiger charge is -2.26. The van der Waals surface area contributed by atoms with Crippen LogP contribution in [0.15, 0.2) is 34.5 Å². The van der Waals surface area contributed by atoms with Gasteiger partial charge in [0.2, 0.25) is 11.8 Å². The molecule has 4 aliphatic heterocycles. The number of nitrogens with zero attached hydrogens (tertiary/aromatic N) is 8. The van der Waals surface area contributed by atoms with E-state index in [0.717, 1.165) is 10.8 Å². The highest BCUT2D eigenvalue weighted by Gasteiger charge is 2.44. The lowest BCUT2D eigenvalue weighted by Crippen LogP contribution is -2.40. The summed E-state index contributed by atoms with van der Waals surface area (Å²) in [6.07, 6.45) is 0. The van der Waals surface area contributed by atoms with E-state index >= 15 is 0 Å². The molecule has 2 fully saturated rings. The van der Waals surface area contributed by atoms with Crippen LogP contribution in [0.4, 0.5) is 11.6 Å². The highest BCUT2D eigenvalue weighted by atomic mass is 32.2. The summed E-state index contributed by atoms with van der Waals surface area (Å²) in [6, 6.07) is 7.58. The lowest BCUT2D eigenvalue weighted by atomic mass is 10.1. The molecule has 2 saturated heterocycles. The lowest BCUT2D eigenvalue weighted by molar-refractivity contribution is -0.125. The van der Waals surface area contributed by atoms with Crippen LogP contribution in [0.25, 0.3) is 10.8 Å². The molecule has 2 amide bonds. The van der Waals surface area contributed by atoms with E-state index < -0.39 is 11.0 Å². The van der Waals surface area contributed by atoms with Crippen LogP contribution < -0.4 is 10.0 Å². The molecule has 0 radical (unpaired) electrons. The number of rotatable bonds is 2. The number of thioether (sulfide) groups is 2. The quantitative estimate of drug-likeness (QED) is 0.628. The Kier molecular flexibility index (Phi) is 4.13. The number of benzene rings is 1. The molecule has 0 bridgehead atoms. The molecule has 1 aromatic carbocycles. The normalized spacial score (nSPS) is 25.4. The van der Waals surface area contributed by atoms with Gasteiger partial charge in [0.05, 0.1) is 11.5 Å². The largest absolute Gasteiger partial charge is 0.273 e. The maximum atomic E-state index is 12.1. The van der Waals surface area contributed by atoms with Gasteiger partial charge in [0.15, 0.2) is 33.0 Å². The van der Waals surface area contributed by atoms with Gasteiger partial charge in [-0.3, -0.25) is 19.4 Å². The Balaban J connectivity index is 1.45. The molecule has 0 aliphatic carbocycles. The molecule has 1 aromatic heterocycles. The van der Waals surface area contributed by atoms with Crippen molar-refractivity contribution < 1.29 is 9.59 Å². The summed E-state index contributed by atoms with van der Waals surface area (Å²) in [4.78, 5) is 27.4. The summed E-state index contributed by atoms with van der Waals surface area (Å²) in [7, 11) is 0. The first-order valence-corrected chi connectivity index (χ1v) is 11.8. The van der Waals surface area contributed by atoms with Gasteiger partial charge in [0, 0.05) is 10.8 Å². The topological polar surface area (TPSA) is 97.6 Å². The molecule has 6 rings (SSSR count). The van der Waals surface area contributed by atoms with Crippen molar-refractivity contribution in [3.8, 4) is 0 Å². The number of anilines is 2. The smallest absolute Gasteiger partial charge is 0.241 e. The number of thiol groups is 2. The van der Waals surface area contributed by atoms with Gasteiger partial charge in [0.25, 0.3) is 0 Å². The van der Waals surface area contributed by atoms with E-state index in [1.807, 2.05) is 24.3 Å². The fourth-order valence-electron chi connectivity index (χ4n) is 3.59. The number of amides is 2. The average Bonchev–Trinajstić information content (AvgIpc) is 3.47. The van der Waals surface area contributed by atoms with Gasteiger partial charge in [-0.05, 0) is 0 Å². The maximum Gasteiger partial charge on any atom is 0.241 e. The molecule has 0 spiro atoms. The molecule has 0 saturated carbocycles. The van der Waals surface area contributed by atoms with Crippen LogP contribution in [0.1, 0.15) is 0 Å². The minimum Gasteiger partial charge on any atom is -0.273 e. The molecule has 2 atom stereocenters. The second-order valence-electron chi connectivity index (χ2n) is 6.64. The van der Waals surface area contributed by atoms with E-state index in [1.165, 1.54) is 23.5 Å². The van der Waals surface area contributed by atoms with Gasteiger partial charge in [0.1, 0.15) is 0 Å². The monoisotopic (exact) mass is 476 g/mol. The zero-order valence-electron chi connectivity index (χ0n) is 15.0. The Morgan fingerprint density at radius 2 is 1.23 bits per heavy atom. The fraction of sp³-hybridized carbons (Fsp3) is 0.250. The van der Waals surface area contributed by atoms with Crippen molar-refractivity contribution in [3.63, 3.8) is 0 Å². The first-order chi connectivity index (χ1) is 14.5. The molecule has 10 nitrogen and oxygen atoms in total. The summed E-state index contributed by atoms with van der Waals surface area (Å²) in [5.41, 5.74) is -1.18. The fourth-order valence-corrected chi connectivity index (χ4v) is 6.30. The minimum absolute atomic E-state index is 0.0382. The van der Waals surface area contributed by atoms with Crippen LogP contribution in [0.3, 0.4) is 0 Å². The van der Waals surface area contributed by atoms with Crippen molar-refractivity contribution in [1.29, 1.82) is 0 Å². The summed E-state index contributed by atoms with van der Waals surface area (Å²) >= 11 is 11.9. The molecule has 2 aromatic rings. The Hall–Kier alpha value is -2.16. The number of amidine groups is 2. The number of aromatic nitrogens is 2. The number of hydrogen-bond acceptors (Lipinski definition) is 12. The first kappa shape index (κ1) is 18.6. The molecule has 4 aliphatic rings. The Morgan fingerprint density at radius 3 is 1.63 bits per heavy atom. The van der Waals surface area contributed by atoms with Crippen LogP contribution in [-0.4, -0.2) is 64.6 Å². The van der Waals surface area contributed by atoms with Crippen LogP contribution in [0, 0.1) is 0 Å². The third-order valence-electron chi connectivity index (χ3n) is 4.97. The van der Waals surface area contributed by atoms with Gasteiger partial charge in [-0.1, -0.05) is 47.8 Å². The summed E-state index contributed by atoms with van der Waals surface area (Å²) in [6.45, 7) is 0. The van der Waals surface area contributed by atoms with Crippen LogP contribution in [0.5, 0.6) is 0 Å². The Morgan fingerprint density at radius 1 is 0.800 bits per heavy atom. The van der Waals surface area contributed by atoms with E-state index in [0.29, 0.717) is 33.5 Å². The zero-order chi connectivity index (χ0) is 20.6. The van der Waals surface area contributed by atoms with Gasteiger partial charge < -0.3 is 0 Å². The molecule has 5 heterocycles. The Labute approximate surface area is 189 Å². The highest BCUT2D eigenvalue weighted by Crippen LogP contribution is 2.40. The predicted octanol–water partition coefficient (Wildman–Crippen LogP) is 1.39. The summed E-state index contributed by atoms with van der Waals surface area (Å²) in [5.74, 6) is 1.62. The summed E-state index contributed by atoms with van der Waals surface area (Å²) < 4.78 is 0. The number of carbonyl (C=O) groups excluding carboxylic acids is 2. The van der Waals surface area contributed by atoms with Crippen molar-refractivity contribution in [1.82, 2.24) is 20.0 Å². The van der Waals surface area contributed by atoms with Gasteiger partial charge in [-0.25, -0.2) is 10.0 Å². The van der Waals surface area contributed by atoms with E-state index in [1.54, 1.807) is 19.8 Å². The second kappa shape index (κ2) is 6.67. The first-order valence-electron chi connectivity index (χ1n) is 8.81. The van der Waals surface area contributed by atoms with Gasteiger partial charge in [-0.15, -0.1) is 45.7 Å². The third-order valence-corrected chi connectivity index (χ3v) is 7.72. The SMILES string of the molecule is O=C1CSC2=NN(c3nnc(N4N=C5SCC(=O)N5C4S)c4ccccc34)C(S)N12. The number of fused-ring (bicyclic) bond motifs is 3. The minimum atomic E-state index is -0.588. The molecule has 2 unspecified atom stereocenters. The number of hydrogen-bond donors (Lipinski definition) is 2. The third kappa shape index (κ3) is 2.50. The van der Waals surface area contributed by atoms with Gasteiger partial charge >= 0.3 is 0 Å². The van der Waals surface area contributed by atoms with Crippen molar-refractivity contribution in [2.24, 2.45) is 10.2 Å². The number of carbonyl (C=O) groups is 2. The number of hydrazone groups is 2. The van der Waals surface area contributed by atoms with E-state index in [9.17, 15) is 9.59 Å². The van der Waals surface area contributed by atoms with Crippen LogP contribution in [0.2, 0.25) is 0 Å². The Bertz CT molecular complexity index is 1100. The summed E-state index contributed by atoms with van der Waals surface area (Å²) in [5, 5.41) is 23.8. The molecular weight excluding hydrogens is 464 g/mol. The second-order valence-corrected chi connectivity index (χ2v) is 9.45. The van der Waals surface area contributed by atoms with E-state index in [2.05, 4.69) is 45.7 Å². The van der Waals surface area contributed by atoms with Crippen molar-refractivity contribution in [2.45, 2.75) is 11.0 Å². The van der Waals surface area contributed by atoms with E-state index in [4.69, 9.17) is 0 Å². The van der Waals surface area contributed by atoms with Crippen molar-refractivity contribution >= 4 is 93.3 Å². The predicted molar refractivity (Wildman–Crippen MR) is 124 cm³/mol. The van der Waals surface area contributed by atoms with Crippen LogP contribution >= 0.6 is 48.8 Å². The van der Waals surface area contributed by atoms with Crippen molar-refractivity contribution in [2.75, 3.05) is 21.5 Å². The van der Waals surface area contributed by atoms with Gasteiger partial charge in [-0.2, -0.15) is 0 Å². The molecular formula is C16H12N8O2S4. The highest BCUT2D eigenvalue weighted by molar-refractivity contribution is 8.15.